The number of unbranched alkanes of at least 4 members (excludes halogenated alkanes) is 4. The first-order valence-electron chi connectivity index (χ1n) is 12.7. The number of benzene rings is 4. The van der Waals surface area contributed by atoms with Gasteiger partial charge in [0, 0.05) is 10.9 Å². The van der Waals surface area contributed by atoms with Gasteiger partial charge in [-0.2, -0.15) is 5.26 Å². The Balaban J connectivity index is 1.48. The van der Waals surface area contributed by atoms with Crippen LogP contribution in [-0.4, -0.2) is 0 Å². The van der Waals surface area contributed by atoms with Crippen LogP contribution in [0.25, 0.3) is 21.9 Å². The SMILES string of the molecule is CCCCCCCc1ccc(-c2ccc3c(F)c(CCc4ccc(C#N)c(F)c4)ccc3c2)c(F)c1. The lowest BCUT2D eigenvalue weighted by atomic mass is 9.96. The van der Waals surface area contributed by atoms with Gasteiger partial charge in [0.1, 0.15) is 23.5 Å². The summed E-state index contributed by atoms with van der Waals surface area (Å²) in [5, 5.41) is 10.1. The van der Waals surface area contributed by atoms with Gasteiger partial charge in [-0.25, -0.2) is 13.2 Å². The molecule has 0 N–H and O–H groups in total. The van der Waals surface area contributed by atoms with Crippen molar-refractivity contribution in [1.82, 2.24) is 0 Å². The van der Waals surface area contributed by atoms with Crippen molar-refractivity contribution in [2.75, 3.05) is 0 Å². The second-order valence-electron chi connectivity index (χ2n) is 9.38. The van der Waals surface area contributed by atoms with Gasteiger partial charge in [0.25, 0.3) is 0 Å². The number of hydrogen-bond acceptors (Lipinski definition) is 1. The van der Waals surface area contributed by atoms with Gasteiger partial charge in [-0.15, -0.1) is 0 Å². The monoisotopic (exact) mass is 485 g/mol. The number of rotatable bonds is 10. The fraction of sp³-hybridized carbons (Fsp3) is 0.281. The zero-order valence-corrected chi connectivity index (χ0v) is 20.6. The van der Waals surface area contributed by atoms with Crippen LogP contribution in [0.4, 0.5) is 13.2 Å². The summed E-state index contributed by atoms with van der Waals surface area (Å²) in [5.41, 5.74) is 3.48. The number of aryl methyl sites for hydroxylation is 3. The van der Waals surface area contributed by atoms with Crippen LogP contribution in [0, 0.1) is 28.8 Å². The lowest BCUT2D eigenvalue weighted by molar-refractivity contribution is 0.616. The zero-order chi connectivity index (χ0) is 25.5. The van der Waals surface area contributed by atoms with E-state index in [9.17, 15) is 8.78 Å². The van der Waals surface area contributed by atoms with E-state index in [0.717, 1.165) is 24.0 Å². The normalized spacial score (nSPS) is 11.1. The number of hydrogen-bond donors (Lipinski definition) is 0. The number of nitrogens with zero attached hydrogens (tertiary/aromatic N) is 1. The molecular weight excluding hydrogens is 455 g/mol. The van der Waals surface area contributed by atoms with E-state index in [1.165, 1.54) is 37.8 Å². The van der Waals surface area contributed by atoms with E-state index >= 15 is 4.39 Å². The third-order valence-electron chi connectivity index (χ3n) is 6.78. The van der Waals surface area contributed by atoms with Gasteiger partial charge in [0.2, 0.25) is 0 Å². The highest BCUT2D eigenvalue weighted by molar-refractivity contribution is 5.88. The largest absolute Gasteiger partial charge is 0.206 e. The van der Waals surface area contributed by atoms with Gasteiger partial charge in [-0.3, -0.25) is 0 Å². The zero-order valence-electron chi connectivity index (χ0n) is 20.6. The summed E-state index contributed by atoms with van der Waals surface area (Å²) in [7, 11) is 0. The van der Waals surface area contributed by atoms with E-state index in [1.807, 2.05) is 24.3 Å². The van der Waals surface area contributed by atoms with Crippen LogP contribution in [0.2, 0.25) is 0 Å². The van der Waals surface area contributed by atoms with E-state index in [1.54, 1.807) is 36.4 Å². The Bertz CT molecular complexity index is 1400. The predicted molar refractivity (Wildman–Crippen MR) is 140 cm³/mol. The molecule has 4 aromatic rings. The molecule has 0 radical (unpaired) electrons. The summed E-state index contributed by atoms with van der Waals surface area (Å²) < 4.78 is 44.0. The molecule has 0 spiro atoms. The molecule has 4 aromatic carbocycles. The molecule has 0 saturated heterocycles. The van der Waals surface area contributed by atoms with Gasteiger partial charge in [-0.1, -0.05) is 75.1 Å². The molecule has 0 aliphatic carbocycles. The summed E-state index contributed by atoms with van der Waals surface area (Å²) in [6.07, 6.45) is 7.65. The molecule has 4 rings (SSSR count). The quantitative estimate of drug-likeness (QED) is 0.206. The molecule has 0 atom stereocenters. The highest BCUT2D eigenvalue weighted by Crippen LogP contribution is 2.30. The molecule has 1 nitrogen and oxygen atoms in total. The Labute approximate surface area is 211 Å². The van der Waals surface area contributed by atoms with Crippen LogP contribution >= 0.6 is 0 Å². The maximum atomic E-state index is 15.2. The minimum absolute atomic E-state index is 0.0000690. The Morgan fingerprint density at radius 1 is 0.694 bits per heavy atom. The minimum atomic E-state index is -0.561. The Kier molecular flexibility index (Phi) is 8.44. The fourth-order valence-electron chi connectivity index (χ4n) is 4.66. The molecule has 0 unspecified atom stereocenters. The van der Waals surface area contributed by atoms with Crippen molar-refractivity contribution in [3.63, 3.8) is 0 Å². The lowest BCUT2D eigenvalue weighted by Gasteiger charge is -2.11. The highest BCUT2D eigenvalue weighted by atomic mass is 19.1. The van der Waals surface area contributed by atoms with E-state index < -0.39 is 5.82 Å². The number of fused-ring (bicyclic) bond motifs is 1. The standard InChI is InChI=1S/C32H30F3N/c1-2-3-4-5-6-7-22-10-16-28(31(34)19-22)25-15-17-29-26(20-25)14-13-24(32(29)35)11-8-23-9-12-27(21-36)30(33)18-23/h9-10,12-20H,2-8,11H2,1H3. The van der Waals surface area contributed by atoms with Gasteiger partial charge >= 0.3 is 0 Å². The smallest absolute Gasteiger partial charge is 0.141 e. The van der Waals surface area contributed by atoms with Crippen molar-refractivity contribution in [2.24, 2.45) is 0 Å². The van der Waals surface area contributed by atoms with Gasteiger partial charge < -0.3 is 0 Å². The van der Waals surface area contributed by atoms with Crippen molar-refractivity contribution in [1.29, 1.82) is 5.26 Å². The van der Waals surface area contributed by atoms with E-state index in [0.29, 0.717) is 40.3 Å². The first-order chi connectivity index (χ1) is 17.5. The molecule has 0 heterocycles. The Morgan fingerprint density at radius 2 is 1.44 bits per heavy atom. The molecule has 0 bridgehead atoms. The number of nitriles is 1. The maximum Gasteiger partial charge on any atom is 0.141 e. The number of halogens is 3. The summed E-state index contributed by atoms with van der Waals surface area (Å²) in [5.74, 6) is -1.13. The molecule has 0 aliphatic heterocycles. The topological polar surface area (TPSA) is 23.8 Å². The van der Waals surface area contributed by atoms with Crippen LogP contribution in [-0.2, 0) is 19.3 Å². The van der Waals surface area contributed by atoms with Gasteiger partial charge in [0.15, 0.2) is 0 Å². The molecule has 4 heteroatoms. The van der Waals surface area contributed by atoms with Crippen molar-refractivity contribution < 1.29 is 13.2 Å². The summed E-state index contributed by atoms with van der Waals surface area (Å²) >= 11 is 0. The second-order valence-corrected chi connectivity index (χ2v) is 9.38. The average molecular weight is 486 g/mol. The van der Waals surface area contributed by atoms with Crippen molar-refractivity contribution in [2.45, 2.75) is 58.3 Å². The molecular formula is C32H30F3N. The third kappa shape index (κ3) is 5.97. The van der Waals surface area contributed by atoms with Crippen LogP contribution in [0.5, 0.6) is 0 Å². The molecule has 0 amide bonds. The van der Waals surface area contributed by atoms with E-state index in [2.05, 4.69) is 6.92 Å². The van der Waals surface area contributed by atoms with Gasteiger partial charge in [-0.05, 0) is 77.6 Å². The first-order valence-corrected chi connectivity index (χ1v) is 12.7. The summed E-state index contributed by atoms with van der Waals surface area (Å²) in [4.78, 5) is 0. The molecule has 184 valence electrons. The fourth-order valence-corrected chi connectivity index (χ4v) is 4.66. The van der Waals surface area contributed by atoms with Crippen LogP contribution in [0.3, 0.4) is 0 Å². The van der Waals surface area contributed by atoms with Crippen LogP contribution in [0.1, 0.15) is 61.3 Å². The van der Waals surface area contributed by atoms with Crippen LogP contribution < -0.4 is 0 Å². The Morgan fingerprint density at radius 3 is 2.19 bits per heavy atom. The van der Waals surface area contributed by atoms with E-state index in [4.69, 9.17) is 5.26 Å². The first kappa shape index (κ1) is 25.5. The average Bonchev–Trinajstić information content (AvgIpc) is 2.88. The molecule has 0 saturated carbocycles. The van der Waals surface area contributed by atoms with Crippen molar-refractivity contribution in [3.05, 3.63) is 106 Å². The van der Waals surface area contributed by atoms with Crippen LogP contribution in [0.15, 0.2) is 66.7 Å². The van der Waals surface area contributed by atoms with E-state index in [-0.39, 0.29) is 17.2 Å². The third-order valence-corrected chi connectivity index (χ3v) is 6.78. The second kappa shape index (κ2) is 11.9. The summed E-state index contributed by atoms with van der Waals surface area (Å²) in [6.45, 7) is 2.19. The van der Waals surface area contributed by atoms with Crippen molar-refractivity contribution in [3.8, 4) is 17.2 Å². The van der Waals surface area contributed by atoms with Crippen molar-refractivity contribution >= 4 is 10.8 Å². The maximum absolute atomic E-state index is 15.2. The molecule has 0 fully saturated rings. The predicted octanol–water partition coefficient (Wildman–Crippen LogP) is 9.09. The Hall–Kier alpha value is -3.58. The minimum Gasteiger partial charge on any atom is -0.206 e. The highest BCUT2D eigenvalue weighted by Gasteiger charge is 2.12. The molecule has 36 heavy (non-hydrogen) atoms. The van der Waals surface area contributed by atoms with Gasteiger partial charge in [0.05, 0.1) is 5.56 Å². The molecule has 0 aromatic heterocycles. The molecule has 0 aliphatic rings. The lowest BCUT2D eigenvalue weighted by Crippen LogP contribution is -1.97. The summed E-state index contributed by atoms with van der Waals surface area (Å²) in [6, 6.07) is 20.6.